The smallest absolute Gasteiger partial charge is 0.142 e. The van der Waals surface area contributed by atoms with Crippen molar-refractivity contribution in [3.05, 3.63) is 46.3 Å². The summed E-state index contributed by atoms with van der Waals surface area (Å²) in [4.78, 5) is 10.7. The second kappa shape index (κ2) is 5.34. The first-order chi connectivity index (χ1) is 9.67. The van der Waals surface area contributed by atoms with Gasteiger partial charge in [0.05, 0.1) is 10.4 Å². The SMILES string of the molecule is CCc1cc2c(Nc3ccc(F)c(Cl)c3)ncnc2s1. The summed E-state index contributed by atoms with van der Waals surface area (Å²) >= 11 is 7.43. The van der Waals surface area contributed by atoms with Crippen molar-refractivity contribution in [2.75, 3.05) is 5.32 Å². The van der Waals surface area contributed by atoms with E-state index in [1.807, 2.05) is 0 Å². The minimum absolute atomic E-state index is 0.0832. The lowest BCUT2D eigenvalue weighted by atomic mass is 10.2. The summed E-state index contributed by atoms with van der Waals surface area (Å²) in [5.41, 5.74) is 0.695. The van der Waals surface area contributed by atoms with E-state index in [0.29, 0.717) is 11.5 Å². The Hall–Kier alpha value is -1.72. The number of hydrogen-bond acceptors (Lipinski definition) is 4. The lowest BCUT2D eigenvalue weighted by Gasteiger charge is -2.06. The Bertz CT molecular complexity index is 772. The van der Waals surface area contributed by atoms with Crippen LogP contribution in [0.5, 0.6) is 0 Å². The maximum absolute atomic E-state index is 13.2. The first-order valence-electron chi connectivity index (χ1n) is 6.13. The van der Waals surface area contributed by atoms with Crippen LogP contribution < -0.4 is 5.32 Å². The molecule has 0 atom stereocenters. The van der Waals surface area contributed by atoms with Crippen LogP contribution in [0.1, 0.15) is 11.8 Å². The molecular formula is C14H11ClFN3S. The number of halogens is 2. The van der Waals surface area contributed by atoms with Crippen LogP contribution in [0.4, 0.5) is 15.9 Å². The second-order valence-corrected chi connectivity index (χ2v) is 5.78. The van der Waals surface area contributed by atoms with E-state index in [0.717, 1.165) is 16.6 Å². The molecule has 0 radical (unpaired) electrons. The number of nitrogens with zero attached hydrogens (tertiary/aromatic N) is 2. The van der Waals surface area contributed by atoms with Crippen molar-refractivity contribution in [2.45, 2.75) is 13.3 Å². The van der Waals surface area contributed by atoms with E-state index in [1.165, 1.54) is 23.3 Å². The third-order valence-electron chi connectivity index (χ3n) is 2.91. The van der Waals surface area contributed by atoms with Gasteiger partial charge in [0.1, 0.15) is 22.8 Å². The Morgan fingerprint density at radius 3 is 2.90 bits per heavy atom. The lowest BCUT2D eigenvalue weighted by Crippen LogP contribution is -1.95. The van der Waals surface area contributed by atoms with Gasteiger partial charge in [0.2, 0.25) is 0 Å². The van der Waals surface area contributed by atoms with Crippen molar-refractivity contribution < 1.29 is 4.39 Å². The zero-order valence-corrected chi connectivity index (χ0v) is 12.2. The first-order valence-corrected chi connectivity index (χ1v) is 7.32. The van der Waals surface area contributed by atoms with Gasteiger partial charge in [-0.25, -0.2) is 14.4 Å². The highest BCUT2D eigenvalue weighted by molar-refractivity contribution is 7.18. The highest BCUT2D eigenvalue weighted by Gasteiger charge is 2.09. The normalized spacial score (nSPS) is 10.9. The zero-order valence-electron chi connectivity index (χ0n) is 10.7. The van der Waals surface area contributed by atoms with E-state index in [-0.39, 0.29) is 5.02 Å². The molecule has 1 N–H and O–H groups in total. The van der Waals surface area contributed by atoms with Crippen molar-refractivity contribution in [3.8, 4) is 0 Å². The van der Waals surface area contributed by atoms with Crippen LogP contribution in [0.15, 0.2) is 30.6 Å². The average Bonchev–Trinajstić information content (AvgIpc) is 2.87. The number of fused-ring (bicyclic) bond motifs is 1. The van der Waals surface area contributed by atoms with Crippen LogP contribution in [-0.2, 0) is 6.42 Å². The van der Waals surface area contributed by atoms with E-state index in [9.17, 15) is 4.39 Å². The maximum Gasteiger partial charge on any atom is 0.142 e. The third kappa shape index (κ3) is 2.46. The Morgan fingerprint density at radius 2 is 2.15 bits per heavy atom. The number of rotatable bonds is 3. The minimum Gasteiger partial charge on any atom is -0.340 e. The first kappa shape index (κ1) is 13.3. The minimum atomic E-state index is -0.436. The van der Waals surface area contributed by atoms with Gasteiger partial charge in [0, 0.05) is 10.6 Å². The van der Waals surface area contributed by atoms with Gasteiger partial charge in [-0.15, -0.1) is 11.3 Å². The van der Waals surface area contributed by atoms with Gasteiger partial charge in [-0.05, 0) is 30.7 Å². The molecule has 0 unspecified atom stereocenters. The summed E-state index contributed by atoms with van der Waals surface area (Å²) < 4.78 is 13.2. The molecule has 0 aliphatic heterocycles. The number of benzene rings is 1. The fraction of sp³-hybridized carbons (Fsp3) is 0.143. The monoisotopic (exact) mass is 307 g/mol. The molecular weight excluding hydrogens is 297 g/mol. The van der Waals surface area contributed by atoms with E-state index >= 15 is 0 Å². The van der Waals surface area contributed by atoms with Gasteiger partial charge in [-0.1, -0.05) is 18.5 Å². The summed E-state index contributed by atoms with van der Waals surface area (Å²) in [5.74, 6) is 0.266. The molecule has 0 aliphatic rings. The molecule has 3 nitrogen and oxygen atoms in total. The highest BCUT2D eigenvalue weighted by Crippen LogP contribution is 2.30. The summed E-state index contributed by atoms with van der Waals surface area (Å²) in [6.45, 7) is 2.10. The number of aryl methyl sites for hydroxylation is 1. The molecule has 2 aromatic heterocycles. The topological polar surface area (TPSA) is 37.8 Å². The molecule has 0 saturated carbocycles. The molecule has 3 rings (SSSR count). The number of hydrogen-bond donors (Lipinski definition) is 1. The molecule has 1 aromatic carbocycles. The van der Waals surface area contributed by atoms with Crippen LogP contribution in [0.3, 0.4) is 0 Å². The van der Waals surface area contributed by atoms with E-state index in [2.05, 4.69) is 28.3 Å². The van der Waals surface area contributed by atoms with Gasteiger partial charge < -0.3 is 5.32 Å². The molecule has 6 heteroatoms. The largest absolute Gasteiger partial charge is 0.340 e. The van der Waals surface area contributed by atoms with Crippen LogP contribution in [0.2, 0.25) is 5.02 Å². The fourth-order valence-electron chi connectivity index (χ4n) is 1.89. The summed E-state index contributed by atoms with van der Waals surface area (Å²) in [5, 5.41) is 4.21. The summed E-state index contributed by atoms with van der Waals surface area (Å²) in [6.07, 6.45) is 2.48. The van der Waals surface area contributed by atoms with Gasteiger partial charge in [-0.3, -0.25) is 0 Å². The molecule has 0 bridgehead atoms. The molecule has 102 valence electrons. The molecule has 20 heavy (non-hydrogen) atoms. The van der Waals surface area contributed by atoms with Crippen LogP contribution in [0, 0.1) is 5.82 Å². The lowest BCUT2D eigenvalue weighted by molar-refractivity contribution is 0.628. The maximum atomic E-state index is 13.2. The molecule has 0 amide bonds. The number of thiophene rings is 1. The predicted molar refractivity (Wildman–Crippen MR) is 81.5 cm³/mol. The van der Waals surface area contributed by atoms with Gasteiger partial charge in [0.25, 0.3) is 0 Å². The van der Waals surface area contributed by atoms with Crippen molar-refractivity contribution >= 4 is 44.7 Å². The molecule has 0 fully saturated rings. The summed E-state index contributed by atoms with van der Waals surface area (Å²) in [6, 6.07) is 6.57. The molecule has 0 saturated heterocycles. The number of nitrogens with one attached hydrogen (secondary N) is 1. The zero-order chi connectivity index (χ0) is 14.1. The van der Waals surface area contributed by atoms with Crippen molar-refractivity contribution in [1.29, 1.82) is 0 Å². The second-order valence-electron chi connectivity index (χ2n) is 4.26. The Labute approximate surface area is 124 Å². The average molecular weight is 308 g/mol. The van der Waals surface area contributed by atoms with Crippen molar-refractivity contribution in [1.82, 2.24) is 9.97 Å². The van der Waals surface area contributed by atoms with E-state index in [1.54, 1.807) is 17.4 Å². The third-order valence-corrected chi connectivity index (χ3v) is 4.39. The standard InChI is InChI=1S/C14H11ClFN3S/c1-2-9-6-10-13(17-7-18-14(10)20-9)19-8-3-4-12(16)11(15)5-8/h3-7H,2H2,1H3,(H,17,18,19). The van der Waals surface area contributed by atoms with Crippen LogP contribution in [0.25, 0.3) is 10.2 Å². The molecule has 0 aliphatic carbocycles. The molecule has 0 spiro atoms. The van der Waals surface area contributed by atoms with E-state index in [4.69, 9.17) is 11.6 Å². The van der Waals surface area contributed by atoms with Crippen LogP contribution in [-0.4, -0.2) is 9.97 Å². The quantitative estimate of drug-likeness (QED) is 0.756. The number of aromatic nitrogens is 2. The van der Waals surface area contributed by atoms with E-state index < -0.39 is 5.82 Å². The van der Waals surface area contributed by atoms with Crippen molar-refractivity contribution in [2.24, 2.45) is 0 Å². The van der Waals surface area contributed by atoms with Gasteiger partial charge in [0.15, 0.2) is 0 Å². The summed E-state index contributed by atoms with van der Waals surface area (Å²) in [7, 11) is 0. The molecule has 2 heterocycles. The fourth-order valence-corrected chi connectivity index (χ4v) is 3.01. The number of anilines is 2. The highest BCUT2D eigenvalue weighted by atomic mass is 35.5. The predicted octanol–water partition coefficient (Wildman–Crippen LogP) is 4.79. The Morgan fingerprint density at radius 1 is 1.30 bits per heavy atom. The Kier molecular flexibility index (Phi) is 3.54. The van der Waals surface area contributed by atoms with Crippen LogP contribution >= 0.6 is 22.9 Å². The molecule has 3 aromatic rings. The van der Waals surface area contributed by atoms with Crippen molar-refractivity contribution in [3.63, 3.8) is 0 Å². The van der Waals surface area contributed by atoms with Gasteiger partial charge in [-0.2, -0.15) is 0 Å². The Balaban J connectivity index is 2.01. The van der Waals surface area contributed by atoms with Gasteiger partial charge >= 0.3 is 0 Å².